The summed E-state index contributed by atoms with van der Waals surface area (Å²) in [7, 11) is 2.77. The summed E-state index contributed by atoms with van der Waals surface area (Å²) in [6.07, 6.45) is 0.492. The highest BCUT2D eigenvalue weighted by Gasteiger charge is 2.16. The van der Waals surface area contributed by atoms with E-state index in [4.69, 9.17) is 4.74 Å². The average Bonchev–Trinajstić information content (AvgIpc) is 2.29. The number of rotatable bonds is 4. The van der Waals surface area contributed by atoms with Gasteiger partial charge in [0.1, 0.15) is 5.75 Å². The molecule has 0 aliphatic carbocycles. The standard InChI is InChI=1S/C10H13NO4/c1-14-8-4-3-7(11-6-8)5-9(12)10(13)15-2/h3-4,6,9,12H,5H2,1-2H3. The van der Waals surface area contributed by atoms with Crippen LogP contribution >= 0.6 is 0 Å². The van der Waals surface area contributed by atoms with Crippen molar-refractivity contribution in [2.45, 2.75) is 12.5 Å². The molecule has 0 aliphatic rings. The zero-order chi connectivity index (χ0) is 11.3. The van der Waals surface area contributed by atoms with E-state index in [0.717, 1.165) is 0 Å². The van der Waals surface area contributed by atoms with E-state index in [9.17, 15) is 9.90 Å². The van der Waals surface area contributed by atoms with Gasteiger partial charge in [0.2, 0.25) is 0 Å². The van der Waals surface area contributed by atoms with Crippen LogP contribution in [-0.4, -0.2) is 36.4 Å². The Kier molecular flexibility index (Phi) is 4.05. The molecule has 0 bridgehead atoms. The summed E-state index contributed by atoms with van der Waals surface area (Å²) in [6.45, 7) is 0. The largest absolute Gasteiger partial charge is 0.495 e. The molecule has 5 heteroatoms. The Morgan fingerprint density at radius 1 is 1.53 bits per heavy atom. The highest BCUT2D eigenvalue weighted by Crippen LogP contribution is 2.09. The molecule has 1 N–H and O–H groups in total. The molecule has 1 atom stereocenters. The average molecular weight is 211 g/mol. The van der Waals surface area contributed by atoms with Crippen molar-refractivity contribution in [2.75, 3.05) is 14.2 Å². The molecule has 1 rings (SSSR count). The predicted octanol–water partition coefficient (Wildman–Crippen LogP) is 0.167. The smallest absolute Gasteiger partial charge is 0.335 e. The van der Waals surface area contributed by atoms with Crippen LogP contribution in [0.15, 0.2) is 18.3 Å². The number of aliphatic hydroxyl groups is 1. The monoisotopic (exact) mass is 211 g/mol. The van der Waals surface area contributed by atoms with E-state index >= 15 is 0 Å². The zero-order valence-corrected chi connectivity index (χ0v) is 8.64. The van der Waals surface area contributed by atoms with Crippen LogP contribution in [0.1, 0.15) is 5.69 Å². The van der Waals surface area contributed by atoms with Crippen LogP contribution in [0.25, 0.3) is 0 Å². The molecule has 0 fully saturated rings. The van der Waals surface area contributed by atoms with Crippen molar-refractivity contribution < 1.29 is 19.4 Å². The van der Waals surface area contributed by atoms with Crippen molar-refractivity contribution in [1.29, 1.82) is 0 Å². The van der Waals surface area contributed by atoms with Crippen molar-refractivity contribution in [2.24, 2.45) is 0 Å². The summed E-state index contributed by atoms with van der Waals surface area (Å²) >= 11 is 0. The van der Waals surface area contributed by atoms with Crippen molar-refractivity contribution in [3.63, 3.8) is 0 Å². The van der Waals surface area contributed by atoms with E-state index < -0.39 is 12.1 Å². The molecule has 0 saturated carbocycles. The Hall–Kier alpha value is -1.62. The predicted molar refractivity (Wildman–Crippen MR) is 52.5 cm³/mol. The van der Waals surface area contributed by atoms with Crippen molar-refractivity contribution in [1.82, 2.24) is 4.98 Å². The van der Waals surface area contributed by atoms with Gasteiger partial charge < -0.3 is 14.6 Å². The van der Waals surface area contributed by atoms with Crippen LogP contribution in [0.5, 0.6) is 5.75 Å². The second kappa shape index (κ2) is 5.31. The Bertz CT molecular complexity index is 323. The summed E-state index contributed by atoms with van der Waals surface area (Å²) < 4.78 is 9.31. The van der Waals surface area contributed by atoms with Gasteiger partial charge in [0.05, 0.1) is 20.4 Å². The van der Waals surface area contributed by atoms with Crippen LogP contribution in [0.2, 0.25) is 0 Å². The SMILES string of the molecule is COC(=O)C(O)Cc1ccc(OC)cn1. The van der Waals surface area contributed by atoms with Crippen LogP contribution in [-0.2, 0) is 16.0 Å². The van der Waals surface area contributed by atoms with Gasteiger partial charge in [-0.15, -0.1) is 0 Å². The van der Waals surface area contributed by atoms with Crippen molar-refractivity contribution in [3.8, 4) is 5.75 Å². The number of esters is 1. The molecular weight excluding hydrogens is 198 g/mol. The van der Waals surface area contributed by atoms with Crippen LogP contribution in [0.4, 0.5) is 0 Å². The first-order valence-corrected chi connectivity index (χ1v) is 4.42. The van der Waals surface area contributed by atoms with Gasteiger partial charge in [0.15, 0.2) is 6.10 Å². The van der Waals surface area contributed by atoms with E-state index in [0.29, 0.717) is 11.4 Å². The number of methoxy groups -OCH3 is 2. The fourth-order valence-corrected chi connectivity index (χ4v) is 1.07. The van der Waals surface area contributed by atoms with Crippen LogP contribution in [0.3, 0.4) is 0 Å². The molecule has 0 aromatic carbocycles. The number of carbonyl (C=O) groups excluding carboxylic acids is 1. The third-order valence-electron chi connectivity index (χ3n) is 1.91. The van der Waals surface area contributed by atoms with Gasteiger partial charge >= 0.3 is 5.97 Å². The Labute approximate surface area is 87.7 Å². The van der Waals surface area contributed by atoms with Gasteiger partial charge in [-0.3, -0.25) is 4.98 Å². The highest BCUT2D eigenvalue weighted by atomic mass is 16.5. The van der Waals surface area contributed by atoms with E-state index in [1.165, 1.54) is 13.3 Å². The second-order valence-electron chi connectivity index (χ2n) is 2.93. The van der Waals surface area contributed by atoms with Crippen molar-refractivity contribution >= 4 is 5.97 Å². The third kappa shape index (κ3) is 3.21. The number of ether oxygens (including phenoxy) is 2. The van der Waals surface area contributed by atoms with Crippen molar-refractivity contribution in [3.05, 3.63) is 24.0 Å². The lowest BCUT2D eigenvalue weighted by Crippen LogP contribution is -2.24. The maximum atomic E-state index is 10.9. The maximum absolute atomic E-state index is 10.9. The molecule has 1 aromatic heterocycles. The normalized spacial score (nSPS) is 11.9. The quantitative estimate of drug-likeness (QED) is 0.719. The number of aromatic nitrogens is 1. The minimum absolute atomic E-state index is 0.136. The molecule has 1 aromatic rings. The molecular formula is C10H13NO4. The Morgan fingerprint density at radius 3 is 2.73 bits per heavy atom. The van der Waals surface area contributed by atoms with Gasteiger partial charge in [0.25, 0.3) is 0 Å². The first kappa shape index (κ1) is 11.5. The second-order valence-corrected chi connectivity index (χ2v) is 2.93. The van der Waals surface area contributed by atoms with Gasteiger partial charge in [0, 0.05) is 12.1 Å². The minimum Gasteiger partial charge on any atom is -0.495 e. The summed E-state index contributed by atoms with van der Waals surface area (Å²) in [5.74, 6) is -0.0288. The number of nitrogens with zero attached hydrogens (tertiary/aromatic N) is 1. The van der Waals surface area contributed by atoms with Gasteiger partial charge in [-0.25, -0.2) is 4.79 Å². The number of hydrogen-bond acceptors (Lipinski definition) is 5. The molecule has 0 saturated heterocycles. The van der Waals surface area contributed by atoms with Gasteiger partial charge in [-0.2, -0.15) is 0 Å². The summed E-state index contributed by atoms with van der Waals surface area (Å²) in [5, 5.41) is 9.35. The fourth-order valence-electron chi connectivity index (χ4n) is 1.07. The molecule has 1 unspecified atom stereocenters. The first-order chi connectivity index (χ1) is 7.17. The fraction of sp³-hybridized carbons (Fsp3) is 0.400. The van der Waals surface area contributed by atoms with E-state index in [2.05, 4.69) is 9.72 Å². The third-order valence-corrected chi connectivity index (χ3v) is 1.91. The summed E-state index contributed by atoms with van der Waals surface area (Å²) in [6, 6.07) is 3.40. The first-order valence-electron chi connectivity index (χ1n) is 4.42. The highest BCUT2D eigenvalue weighted by molar-refractivity contribution is 5.74. The number of pyridine rings is 1. The molecule has 0 amide bonds. The van der Waals surface area contributed by atoms with E-state index in [1.54, 1.807) is 19.2 Å². The maximum Gasteiger partial charge on any atom is 0.335 e. The Morgan fingerprint density at radius 2 is 2.27 bits per heavy atom. The summed E-state index contributed by atoms with van der Waals surface area (Å²) in [5.41, 5.74) is 0.605. The molecule has 0 radical (unpaired) electrons. The Balaban J connectivity index is 2.60. The molecule has 82 valence electrons. The number of hydrogen-bond donors (Lipinski definition) is 1. The van der Waals surface area contributed by atoms with E-state index in [1.807, 2.05) is 0 Å². The molecule has 0 aliphatic heterocycles. The molecule has 0 spiro atoms. The molecule has 15 heavy (non-hydrogen) atoms. The molecule has 5 nitrogen and oxygen atoms in total. The number of carbonyl (C=O) groups is 1. The van der Waals surface area contributed by atoms with E-state index in [-0.39, 0.29) is 6.42 Å². The van der Waals surface area contributed by atoms with Gasteiger partial charge in [-0.1, -0.05) is 0 Å². The lowest BCUT2D eigenvalue weighted by atomic mass is 10.2. The lowest BCUT2D eigenvalue weighted by Gasteiger charge is -2.07. The summed E-state index contributed by atoms with van der Waals surface area (Å²) in [4.78, 5) is 14.9. The lowest BCUT2D eigenvalue weighted by molar-refractivity contribution is -0.150. The number of aliphatic hydroxyl groups excluding tert-OH is 1. The van der Waals surface area contributed by atoms with Gasteiger partial charge in [-0.05, 0) is 12.1 Å². The zero-order valence-electron chi connectivity index (χ0n) is 8.64. The van der Waals surface area contributed by atoms with Crippen LogP contribution in [0, 0.1) is 0 Å². The molecule has 1 heterocycles. The topological polar surface area (TPSA) is 68.7 Å². The minimum atomic E-state index is -1.17. The van der Waals surface area contributed by atoms with Crippen LogP contribution < -0.4 is 4.74 Å².